The molecule has 0 aromatic heterocycles. The molecule has 0 saturated heterocycles. The van der Waals surface area contributed by atoms with E-state index in [0.717, 1.165) is 24.2 Å². The van der Waals surface area contributed by atoms with Gasteiger partial charge in [0.1, 0.15) is 11.4 Å². The second-order valence-electron chi connectivity index (χ2n) is 5.18. The van der Waals surface area contributed by atoms with Gasteiger partial charge in [0.25, 0.3) is 0 Å². The molecule has 0 bridgehead atoms. The Hall–Kier alpha value is -1.07. The van der Waals surface area contributed by atoms with Crippen LogP contribution in [0.2, 0.25) is 0 Å². The minimum absolute atomic E-state index is 0.208. The van der Waals surface area contributed by atoms with Crippen LogP contribution < -0.4 is 9.46 Å². The van der Waals surface area contributed by atoms with Gasteiger partial charge in [0.15, 0.2) is 0 Å². The van der Waals surface area contributed by atoms with Crippen LogP contribution in [0.1, 0.15) is 44.7 Å². The monoisotopic (exact) mass is 283 g/mol. The van der Waals surface area contributed by atoms with E-state index in [9.17, 15) is 8.42 Å². The Bertz CT molecular complexity index is 550. The van der Waals surface area contributed by atoms with Crippen molar-refractivity contribution in [2.75, 3.05) is 6.26 Å². The van der Waals surface area contributed by atoms with Crippen LogP contribution in [0, 0.1) is 0 Å². The molecule has 2 rings (SSSR count). The zero-order chi connectivity index (χ0) is 14.1. The highest BCUT2D eigenvalue weighted by Gasteiger charge is 2.39. The number of fused-ring (bicyclic) bond motifs is 1. The predicted molar refractivity (Wildman–Crippen MR) is 75.7 cm³/mol. The fourth-order valence-electron chi connectivity index (χ4n) is 2.66. The van der Waals surface area contributed by atoms with Crippen LogP contribution in [0.15, 0.2) is 24.3 Å². The molecule has 1 heterocycles. The second kappa shape index (κ2) is 5.13. The normalized spacial score (nSPS) is 21.5. The Kier molecular flexibility index (Phi) is 3.87. The number of nitrogens with one attached hydrogen (secondary N) is 1. The van der Waals surface area contributed by atoms with Crippen LogP contribution in [0.25, 0.3) is 0 Å². The Morgan fingerprint density at radius 2 is 1.95 bits per heavy atom. The highest BCUT2D eigenvalue weighted by molar-refractivity contribution is 7.88. The number of para-hydroxylation sites is 1. The van der Waals surface area contributed by atoms with Crippen molar-refractivity contribution in [1.29, 1.82) is 0 Å². The third-order valence-corrected chi connectivity index (χ3v) is 4.55. The van der Waals surface area contributed by atoms with Crippen LogP contribution in [-0.4, -0.2) is 20.3 Å². The standard InChI is InChI=1S/C14H21NO3S/c1-4-14(5-2)10-12(15-19(3,16)17)11-8-6-7-9-13(11)18-14/h6-9,12,15H,4-5,10H2,1-3H3/t12-/m0/s1. The topological polar surface area (TPSA) is 55.4 Å². The van der Waals surface area contributed by atoms with E-state index in [4.69, 9.17) is 4.74 Å². The first-order chi connectivity index (χ1) is 8.89. The Balaban J connectivity index is 2.42. The molecule has 19 heavy (non-hydrogen) atoms. The van der Waals surface area contributed by atoms with Gasteiger partial charge in [-0.1, -0.05) is 32.0 Å². The molecular weight excluding hydrogens is 262 g/mol. The highest BCUT2D eigenvalue weighted by atomic mass is 32.2. The molecule has 0 aliphatic carbocycles. The maximum absolute atomic E-state index is 11.5. The van der Waals surface area contributed by atoms with Gasteiger partial charge in [-0.2, -0.15) is 0 Å². The molecule has 0 saturated carbocycles. The molecular formula is C14H21NO3S. The Labute approximate surface area is 115 Å². The molecule has 1 N–H and O–H groups in total. The van der Waals surface area contributed by atoms with E-state index in [1.807, 2.05) is 24.3 Å². The van der Waals surface area contributed by atoms with Crippen molar-refractivity contribution in [1.82, 2.24) is 4.72 Å². The lowest BCUT2D eigenvalue weighted by molar-refractivity contribution is 0.0261. The number of sulfonamides is 1. The van der Waals surface area contributed by atoms with Crippen molar-refractivity contribution in [3.05, 3.63) is 29.8 Å². The van der Waals surface area contributed by atoms with Gasteiger partial charge in [0, 0.05) is 12.0 Å². The fourth-order valence-corrected chi connectivity index (χ4v) is 3.39. The van der Waals surface area contributed by atoms with Crippen LogP contribution in [0.4, 0.5) is 0 Å². The van der Waals surface area contributed by atoms with Gasteiger partial charge in [-0.25, -0.2) is 13.1 Å². The smallest absolute Gasteiger partial charge is 0.209 e. The molecule has 0 fully saturated rings. The first kappa shape index (κ1) is 14.3. The summed E-state index contributed by atoms with van der Waals surface area (Å²) in [6, 6.07) is 7.45. The van der Waals surface area contributed by atoms with Crippen molar-refractivity contribution in [3.63, 3.8) is 0 Å². The Morgan fingerprint density at radius 1 is 1.32 bits per heavy atom. The number of benzene rings is 1. The van der Waals surface area contributed by atoms with Crippen LogP contribution in [0.3, 0.4) is 0 Å². The fraction of sp³-hybridized carbons (Fsp3) is 0.571. The van der Waals surface area contributed by atoms with Gasteiger partial charge in [-0.15, -0.1) is 0 Å². The summed E-state index contributed by atoms with van der Waals surface area (Å²) < 4.78 is 31.9. The molecule has 0 spiro atoms. The van der Waals surface area contributed by atoms with Gasteiger partial charge in [-0.05, 0) is 18.9 Å². The predicted octanol–water partition coefficient (Wildman–Crippen LogP) is 2.62. The first-order valence-corrected chi connectivity index (χ1v) is 8.53. The average Bonchev–Trinajstić information content (AvgIpc) is 2.36. The summed E-state index contributed by atoms with van der Waals surface area (Å²) in [6.45, 7) is 4.16. The third kappa shape index (κ3) is 3.09. The lowest BCUT2D eigenvalue weighted by Crippen LogP contribution is -2.44. The molecule has 0 radical (unpaired) electrons. The number of rotatable bonds is 4. The summed E-state index contributed by atoms with van der Waals surface area (Å²) in [5, 5.41) is 0. The van der Waals surface area contributed by atoms with Gasteiger partial charge in [0.2, 0.25) is 10.0 Å². The molecule has 1 aromatic carbocycles. The maximum atomic E-state index is 11.5. The largest absolute Gasteiger partial charge is 0.487 e. The summed E-state index contributed by atoms with van der Waals surface area (Å²) in [6.07, 6.45) is 3.59. The number of ether oxygens (including phenoxy) is 1. The zero-order valence-corrected chi connectivity index (χ0v) is 12.5. The first-order valence-electron chi connectivity index (χ1n) is 6.64. The molecule has 1 aliphatic rings. The second-order valence-corrected chi connectivity index (χ2v) is 6.96. The summed E-state index contributed by atoms with van der Waals surface area (Å²) in [5.74, 6) is 0.790. The minimum Gasteiger partial charge on any atom is -0.487 e. The highest BCUT2D eigenvalue weighted by Crippen LogP contribution is 2.42. The van der Waals surface area contributed by atoms with E-state index in [-0.39, 0.29) is 11.6 Å². The SMILES string of the molecule is CCC1(CC)C[C@H](NS(C)(=O)=O)c2ccccc2O1. The maximum Gasteiger partial charge on any atom is 0.209 e. The lowest BCUT2D eigenvalue weighted by atomic mass is 9.84. The molecule has 0 amide bonds. The number of hydrogen-bond acceptors (Lipinski definition) is 3. The minimum atomic E-state index is -3.24. The van der Waals surface area contributed by atoms with Crippen molar-refractivity contribution in [2.45, 2.75) is 44.8 Å². The van der Waals surface area contributed by atoms with E-state index in [1.165, 1.54) is 6.26 Å². The summed E-state index contributed by atoms with van der Waals surface area (Å²) in [5.41, 5.74) is 0.641. The van der Waals surface area contributed by atoms with Crippen molar-refractivity contribution >= 4 is 10.0 Å². The molecule has 1 aromatic rings. The molecule has 5 heteroatoms. The molecule has 106 valence electrons. The van der Waals surface area contributed by atoms with E-state index < -0.39 is 10.0 Å². The molecule has 1 aliphatic heterocycles. The van der Waals surface area contributed by atoms with Gasteiger partial charge in [-0.3, -0.25) is 0 Å². The third-order valence-electron chi connectivity index (χ3n) is 3.84. The molecule has 4 nitrogen and oxygen atoms in total. The average molecular weight is 283 g/mol. The Morgan fingerprint density at radius 3 is 2.53 bits per heavy atom. The van der Waals surface area contributed by atoms with E-state index in [0.29, 0.717) is 6.42 Å². The van der Waals surface area contributed by atoms with Crippen LogP contribution in [0.5, 0.6) is 5.75 Å². The molecule has 1 atom stereocenters. The van der Waals surface area contributed by atoms with Crippen LogP contribution in [-0.2, 0) is 10.0 Å². The van der Waals surface area contributed by atoms with E-state index >= 15 is 0 Å². The molecule has 0 unspecified atom stereocenters. The van der Waals surface area contributed by atoms with E-state index in [1.54, 1.807) is 0 Å². The van der Waals surface area contributed by atoms with E-state index in [2.05, 4.69) is 18.6 Å². The summed E-state index contributed by atoms with van der Waals surface area (Å²) >= 11 is 0. The van der Waals surface area contributed by atoms with Crippen molar-refractivity contribution < 1.29 is 13.2 Å². The zero-order valence-electron chi connectivity index (χ0n) is 11.6. The summed E-state index contributed by atoms with van der Waals surface area (Å²) in [7, 11) is -3.24. The van der Waals surface area contributed by atoms with Crippen LogP contribution >= 0.6 is 0 Å². The lowest BCUT2D eigenvalue weighted by Gasteiger charge is -2.41. The van der Waals surface area contributed by atoms with Gasteiger partial charge >= 0.3 is 0 Å². The quantitative estimate of drug-likeness (QED) is 0.924. The van der Waals surface area contributed by atoms with Gasteiger partial charge in [0.05, 0.1) is 12.3 Å². The number of hydrogen-bond donors (Lipinski definition) is 1. The van der Waals surface area contributed by atoms with Crippen molar-refractivity contribution in [3.8, 4) is 5.75 Å². The summed E-state index contributed by atoms with van der Waals surface area (Å²) in [4.78, 5) is 0. The van der Waals surface area contributed by atoms with Crippen molar-refractivity contribution in [2.24, 2.45) is 0 Å². The van der Waals surface area contributed by atoms with Gasteiger partial charge < -0.3 is 4.74 Å².